The SMILES string of the molecule is O=C1c2ccccc2C(O)N1Cc1cc(OCCC2(C(F)(F)F)CC2)nc(Cl)n1. The van der Waals surface area contributed by atoms with Gasteiger partial charge in [-0.1, -0.05) is 18.2 Å². The van der Waals surface area contributed by atoms with Crippen molar-refractivity contribution < 1.29 is 27.8 Å². The first kappa shape index (κ1) is 19.9. The first-order valence-electron chi connectivity index (χ1n) is 9.01. The van der Waals surface area contributed by atoms with E-state index in [0.29, 0.717) is 16.8 Å². The van der Waals surface area contributed by atoms with E-state index < -0.39 is 17.8 Å². The minimum Gasteiger partial charge on any atom is -0.478 e. The lowest BCUT2D eigenvalue weighted by molar-refractivity contribution is -0.190. The predicted molar refractivity (Wildman–Crippen MR) is 96.2 cm³/mol. The summed E-state index contributed by atoms with van der Waals surface area (Å²) < 4.78 is 44.4. The van der Waals surface area contributed by atoms with Crippen LogP contribution < -0.4 is 4.74 Å². The second-order valence-corrected chi connectivity index (χ2v) is 7.58. The summed E-state index contributed by atoms with van der Waals surface area (Å²) in [7, 11) is 0. The number of fused-ring (bicyclic) bond motifs is 1. The summed E-state index contributed by atoms with van der Waals surface area (Å²) in [5.41, 5.74) is -0.462. The fraction of sp³-hybridized carbons (Fsp3) is 0.421. The van der Waals surface area contributed by atoms with Gasteiger partial charge in [-0.25, -0.2) is 4.98 Å². The molecule has 2 heterocycles. The Bertz CT molecular complexity index is 950. The van der Waals surface area contributed by atoms with Crippen molar-refractivity contribution in [1.82, 2.24) is 14.9 Å². The number of carbonyl (C=O) groups is 1. The lowest BCUT2D eigenvalue weighted by Crippen LogP contribution is -2.28. The molecule has 2 aromatic rings. The zero-order valence-electron chi connectivity index (χ0n) is 15.1. The average Bonchev–Trinajstić information content (AvgIpc) is 3.42. The monoisotopic (exact) mass is 427 g/mol. The van der Waals surface area contributed by atoms with E-state index in [1.807, 2.05) is 0 Å². The van der Waals surface area contributed by atoms with Crippen LogP contribution in [0.3, 0.4) is 0 Å². The summed E-state index contributed by atoms with van der Waals surface area (Å²) in [4.78, 5) is 21.6. The van der Waals surface area contributed by atoms with Gasteiger partial charge in [0.15, 0.2) is 6.23 Å². The van der Waals surface area contributed by atoms with Crippen molar-refractivity contribution in [3.63, 3.8) is 0 Å². The van der Waals surface area contributed by atoms with Crippen LogP contribution in [0.5, 0.6) is 5.88 Å². The molecule has 6 nitrogen and oxygen atoms in total. The molecule has 0 saturated heterocycles. The molecule has 1 unspecified atom stereocenters. The third-order valence-electron chi connectivity index (χ3n) is 5.37. The highest BCUT2D eigenvalue weighted by atomic mass is 35.5. The second-order valence-electron chi connectivity index (χ2n) is 7.24. The molecule has 1 aliphatic carbocycles. The normalized spacial score (nSPS) is 20.0. The molecular weight excluding hydrogens is 411 g/mol. The molecule has 1 atom stereocenters. The predicted octanol–water partition coefficient (Wildman–Crippen LogP) is 3.89. The van der Waals surface area contributed by atoms with Crippen LogP contribution in [0.25, 0.3) is 0 Å². The highest BCUT2D eigenvalue weighted by Crippen LogP contribution is 2.59. The Morgan fingerprint density at radius 3 is 2.66 bits per heavy atom. The van der Waals surface area contributed by atoms with Gasteiger partial charge in [-0.2, -0.15) is 18.2 Å². The fourth-order valence-electron chi connectivity index (χ4n) is 3.46. The van der Waals surface area contributed by atoms with E-state index in [1.165, 1.54) is 11.0 Å². The van der Waals surface area contributed by atoms with E-state index in [4.69, 9.17) is 16.3 Å². The second kappa shape index (κ2) is 7.14. The molecule has 0 radical (unpaired) electrons. The molecule has 4 rings (SSSR count). The minimum absolute atomic E-state index is 0.0247. The first-order chi connectivity index (χ1) is 13.7. The number of aromatic nitrogens is 2. The Labute approximate surface area is 169 Å². The molecule has 1 saturated carbocycles. The summed E-state index contributed by atoms with van der Waals surface area (Å²) >= 11 is 5.90. The molecule has 1 amide bonds. The highest BCUT2D eigenvalue weighted by Gasteiger charge is 2.62. The van der Waals surface area contributed by atoms with Crippen LogP contribution in [0.2, 0.25) is 5.28 Å². The minimum atomic E-state index is -4.24. The molecule has 1 aromatic heterocycles. The molecule has 10 heteroatoms. The molecule has 1 N–H and O–H groups in total. The van der Waals surface area contributed by atoms with Gasteiger partial charge in [0.2, 0.25) is 11.2 Å². The van der Waals surface area contributed by atoms with Crippen LogP contribution >= 0.6 is 11.6 Å². The maximum Gasteiger partial charge on any atom is 0.394 e. The smallest absolute Gasteiger partial charge is 0.394 e. The standard InChI is InChI=1S/C19H17ClF3N3O3/c20-17-24-11(10-26-15(27)12-3-1-2-4-13(12)16(26)28)9-14(25-17)29-8-7-18(5-6-18)19(21,22)23/h1-4,9,15,27H,5-8,10H2. The van der Waals surface area contributed by atoms with E-state index in [0.717, 1.165) is 0 Å². The van der Waals surface area contributed by atoms with Gasteiger partial charge in [0.1, 0.15) is 0 Å². The summed E-state index contributed by atoms with van der Waals surface area (Å²) in [6, 6.07) is 8.11. The zero-order valence-corrected chi connectivity index (χ0v) is 15.9. The Morgan fingerprint density at radius 1 is 1.28 bits per heavy atom. The number of hydrogen-bond acceptors (Lipinski definition) is 5. The van der Waals surface area contributed by atoms with Crippen LogP contribution in [-0.4, -0.2) is 38.7 Å². The van der Waals surface area contributed by atoms with E-state index in [1.54, 1.807) is 24.3 Å². The number of aliphatic hydroxyl groups is 1. The zero-order chi connectivity index (χ0) is 20.8. The van der Waals surface area contributed by atoms with Crippen molar-refractivity contribution in [1.29, 1.82) is 0 Å². The fourth-order valence-corrected chi connectivity index (χ4v) is 3.65. The maximum absolute atomic E-state index is 13.0. The summed E-state index contributed by atoms with van der Waals surface area (Å²) in [6.45, 7) is -0.219. The average molecular weight is 428 g/mol. The van der Waals surface area contributed by atoms with Gasteiger partial charge >= 0.3 is 6.18 Å². The molecule has 1 aliphatic heterocycles. The van der Waals surface area contributed by atoms with Crippen molar-refractivity contribution in [3.05, 3.63) is 52.4 Å². The van der Waals surface area contributed by atoms with Gasteiger partial charge in [-0.15, -0.1) is 0 Å². The van der Waals surface area contributed by atoms with Crippen LogP contribution in [0.1, 0.15) is 47.1 Å². The Kier molecular flexibility index (Phi) is 4.90. The van der Waals surface area contributed by atoms with Gasteiger partial charge in [0.05, 0.1) is 24.3 Å². The quantitative estimate of drug-likeness (QED) is 0.708. The van der Waals surface area contributed by atoms with Crippen molar-refractivity contribution in [3.8, 4) is 5.88 Å². The molecule has 29 heavy (non-hydrogen) atoms. The van der Waals surface area contributed by atoms with E-state index in [9.17, 15) is 23.1 Å². The molecule has 0 spiro atoms. The van der Waals surface area contributed by atoms with E-state index in [-0.39, 0.29) is 49.5 Å². The third-order valence-corrected chi connectivity index (χ3v) is 5.54. The Morgan fingerprint density at radius 2 is 2.00 bits per heavy atom. The number of hydrogen-bond donors (Lipinski definition) is 1. The Balaban J connectivity index is 1.44. The van der Waals surface area contributed by atoms with E-state index in [2.05, 4.69) is 9.97 Å². The number of benzene rings is 1. The van der Waals surface area contributed by atoms with Crippen molar-refractivity contribution in [2.75, 3.05) is 6.61 Å². The first-order valence-corrected chi connectivity index (χ1v) is 9.39. The lowest BCUT2D eigenvalue weighted by Gasteiger charge is -2.21. The van der Waals surface area contributed by atoms with Crippen molar-refractivity contribution >= 4 is 17.5 Å². The van der Waals surface area contributed by atoms with Gasteiger partial charge in [0.25, 0.3) is 5.91 Å². The number of halogens is 4. The molecular formula is C19H17ClF3N3O3. The van der Waals surface area contributed by atoms with Crippen LogP contribution in [0.15, 0.2) is 30.3 Å². The third kappa shape index (κ3) is 3.76. The largest absolute Gasteiger partial charge is 0.478 e. The van der Waals surface area contributed by atoms with Crippen molar-refractivity contribution in [2.45, 2.75) is 38.2 Å². The topological polar surface area (TPSA) is 75.5 Å². The van der Waals surface area contributed by atoms with Gasteiger partial charge in [-0.3, -0.25) is 4.79 Å². The lowest BCUT2D eigenvalue weighted by atomic mass is 10.0. The molecule has 0 bridgehead atoms. The number of aliphatic hydroxyl groups excluding tert-OH is 1. The molecule has 2 aliphatic rings. The summed E-state index contributed by atoms with van der Waals surface area (Å²) in [5.74, 6) is -0.331. The van der Waals surface area contributed by atoms with Gasteiger partial charge in [-0.05, 0) is 36.9 Å². The number of alkyl halides is 3. The Hall–Kier alpha value is -2.39. The van der Waals surface area contributed by atoms with Crippen LogP contribution in [0.4, 0.5) is 13.2 Å². The van der Waals surface area contributed by atoms with Gasteiger partial charge in [0, 0.05) is 17.2 Å². The summed E-state index contributed by atoms with van der Waals surface area (Å²) in [5, 5.41) is 10.3. The maximum atomic E-state index is 13.0. The number of carbonyl (C=O) groups excluding carboxylic acids is 1. The van der Waals surface area contributed by atoms with Crippen LogP contribution in [-0.2, 0) is 6.54 Å². The van der Waals surface area contributed by atoms with Crippen LogP contribution in [0, 0.1) is 5.41 Å². The number of rotatable bonds is 6. The number of amides is 1. The molecule has 1 aromatic carbocycles. The highest BCUT2D eigenvalue weighted by molar-refractivity contribution is 6.28. The number of ether oxygens (including phenoxy) is 1. The number of nitrogens with zero attached hydrogens (tertiary/aromatic N) is 3. The molecule has 1 fully saturated rings. The van der Waals surface area contributed by atoms with Gasteiger partial charge < -0.3 is 14.7 Å². The summed E-state index contributed by atoms with van der Waals surface area (Å²) in [6.07, 6.45) is -5.33. The molecule has 154 valence electrons. The van der Waals surface area contributed by atoms with Crippen molar-refractivity contribution in [2.24, 2.45) is 5.41 Å². The van der Waals surface area contributed by atoms with E-state index >= 15 is 0 Å².